The third-order valence-electron chi connectivity index (χ3n) is 3.76. The molecule has 21 heavy (non-hydrogen) atoms. The minimum Gasteiger partial charge on any atom is -0.348 e. The number of urea groups is 1. The predicted molar refractivity (Wildman–Crippen MR) is 82.6 cm³/mol. The SMILES string of the molecule is O=C(Nc1cccc(Cl)c1)N1CCC(c2ncc[nH]2)CC1. The summed E-state index contributed by atoms with van der Waals surface area (Å²) in [6.07, 6.45) is 5.47. The molecule has 1 saturated heterocycles. The molecular weight excluding hydrogens is 288 g/mol. The van der Waals surface area contributed by atoms with Crippen molar-refractivity contribution in [2.75, 3.05) is 18.4 Å². The highest BCUT2D eigenvalue weighted by Crippen LogP contribution is 2.25. The van der Waals surface area contributed by atoms with Crippen LogP contribution in [0.3, 0.4) is 0 Å². The number of imidazole rings is 1. The summed E-state index contributed by atoms with van der Waals surface area (Å²) in [5.41, 5.74) is 0.723. The van der Waals surface area contributed by atoms with E-state index in [9.17, 15) is 4.79 Å². The Bertz CT molecular complexity index is 606. The molecule has 0 aliphatic carbocycles. The summed E-state index contributed by atoms with van der Waals surface area (Å²) in [5, 5.41) is 3.50. The van der Waals surface area contributed by atoms with Gasteiger partial charge in [-0.05, 0) is 31.0 Å². The molecule has 1 aromatic heterocycles. The van der Waals surface area contributed by atoms with E-state index in [1.807, 2.05) is 23.2 Å². The second-order valence-corrected chi connectivity index (χ2v) is 5.61. The van der Waals surface area contributed by atoms with Gasteiger partial charge in [-0.15, -0.1) is 0 Å². The maximum atomic E-state index is 12.2. The molecule has 1 aromatic carbocycles. The average Bonchev–Trinajstić information content (AvgIpc) is 3.01. The molecule has 1 fully saturated rings. The number of benzene rings is 1. The minimum absolute atomic E-state index is 0.0739. The van der Waals surface area contributed by atoms with Gasteiger partial charge in [-0.1, -0.05) is 17.7 Å². The monoisotopic (exact) mass is 304 g/mol. The van der Waals surface area contributed by atoms with Crippen LogP contribution in [0.4, 0.5) is 10.5 Å². The van der Waals surface area contributed by atoms with Crippen LogP contribution in [0.25, 0.3) is 0 Å². The first-order chi connectivity index (χ1) is 10.2. The summed E-state index contributed by atoms with van der Waals surface area (Å²) in [4.78, 5) is 21.5. The zero-order valence-corrected chi connectivity index (χ0v) is 12.3. The fourth-order valence-electron chi connectivity index (χ4n) is 2.63. The first kappa shape index (κ1) is 13.9. The van der Waals surface area contributed by atoms with Gasteiger partial charge in [-0.3, -0.25) is 0 Å². The van der Waals surface area contributed by atoms with Crippen LogP contribution in [0, 0.1) is 0 Å². The zero-order chi connectivity index (χ0) is 14.7. The molecule has 2 N–H and O–H groups in total. The minimum atomic E-state index is -0.0739. The Morgan fingerprint density at radius 2 is 2.19 bits per heavy atom. The lowest BCUT2D eigenvalue weighted by Gasteiger charge is -2.31. The van der Waals surface area contributed by atoms with Crippen LogP contribution in [0.1, 0.15) is 24.6 Å². The number of piperidine rings is 1. The molecule has 0 saturated carbocycles. The molecule has 0 spiro atoms. The van der Waals surface area contributed by atoms with Crippen molar-refractivity contribution in [2.24, 2.45) is 0 Å². The van der Waals surface area contributed by atoms with E-state index in [4.69, 9.17) is 11.6 Å². The fourth-order valence-corrected chi connectivity index (χ4v) is 2.82. The van der Waals surface area contributed by atoms with E-state index in [-0.39, 0.29) is 6.03 Å². The van der Waals surface area contributed by atoms with Gasteiger partial charge in [0.15, 0.2) is 0 Å². The van der Waals surface area contributed by atoms with Crippen molar-refractivity contribution < 1.29 is 4.79 Å². The number of aromatic nitrogens is 2. The number of nitrogens with zero attached hydrogens (tertiary/aromatic N) is 2. The zero-order valence-electron chi connectivity index (χ0n) is 11.6. The van der Waals surface area contributed by atoms with Crippen LogP contribution in [0.2, 0.25) is 5.02 Å². The van der Waals surface area contributed by atoms with Gasteiger partial charge in [0.25, 0.3) is 0 Å². The Morgan fingerprint density at radius 1 is 1.38 bits per heavy atom. The maximum absolute atomic E-state index is 12.2. The van der Waals surface area contributed by atoms with E-state index in [1.165, 1.54) is 0 Å². The van der Waals surface area contributed by atoms with Gasteiger partial charge >= 0.3 is 6.03 Å². The third kappa shape index (κ3) is 3.36. The van der Waals surface area contributed by atoms with Crippen molar-refractivity contribution in [3.8, 4) is 0 Å². The average molecular weight is 305 g/mol. The van der Waals surface area contributed by atoms with Crippen LogP contribution in [0.5, 0.6) is 0 Å². The number of carbonyl (C=O) groups excluding carboxylic acids is 1. The lowest BCUT2D eigenvalue weighted by Crippen LogP contribution is -2.40. The number of aromatic amines is 1. The Hall–Kier alpha value is -2.01. The van der Waals surface area contributed by atoms with Crippen molar-refractivity contribution in [3.63, 3.8) is 0 Å². The van der Waals surface area contributed by atoms with Gasteiger partial charge in [-0.2, -0.15) is 0 Å². The molecule has 6 heteroatoms. The Morgan fingerprint density at radius 3 is 2.86 bits per heavy atom. The summed E-state index contributed by atoms with van der Waals surface area (Å²) < 4.78 is 0. The Balaban J connectivity index is 1.55. The molecule has 0 bridgehead atoms. The number of anilines is 1. The molecule has 3 rings (SSSR count). The van der Waals surface area contributed by atoms with E-state index in [1.54, 1.807) is 18.3 Å². The summed E-state index contributed by atoms with van der Waals surface area (Å²) in [6.45, 7) is 1.47. The first-order valence-corrected chi connectivity index (χ1v) is 7.41. The highest BCUT2D eigenvalue weighted by atomic mass is 35.5. The molecule has 2 aromatic rings. The molecule has 110 valence electrons. The van der Waals surface area contributed by atoms with Crippen LogP contribution < -0.4 is 5.32 Å². The number of nitrogens with one attached hydrogen (secondary N) is 2. The topological polar surface area (TPSA) is 61.0 Å². The number of amides is 2. The molecule has 1 aliphatic heterocycles. The lowest BCUT2D eigenvalue weighted by molar-refractivity contribution is 0.193. The van der Waals surface area contributed by atoms with Crippen molar-refractivity contribution in [2.45, 2.75) is 18.8 Å². The van der Waals surface area contributed by atoms with Crippen LogP contribution >= 0.6 is 11.6 Å². The van der Waals surface area contributed by atoms with E-state index < -0.39 is 0 Å². The predicted octanol–water partition coefficient (Wildman–Crippen LogP) is 3.47. The summed E-state index contributed by atoms with van der Waals surface area (Å²) in [6, 6.07) is 7.11. The number of carbonyl (C=O) groups is 1. The van der Waals surface area contributed by atoms with Gasteiger partial charge < -0.3 is 15.2 Å². The fraction of sp³-hybridized carbons (Fsp3) is 0.333. The summed E-state index contributed by atoms with van der Waals surface area (Å²) in [7, 11) is 0. The maximum Gasteiger partial charge on any atom is 0.321 e. The van der Waals surface area contributed by atoms with E-state index in [2.05, 4.69) is 15.3 Å². The van der Waals surface area contributed by atoms with Gasteiger partial charge in [0, 0.05) is 42.1 Å². The molecule has 2 heterocycles. The highest BCUT2D eigenvalue weighted by Gasteiger charge is 2.25. The van der Waals surface area contributed by atoms with Gasteiger partial charge in [0.1, 0.15) is 5.82 Å². The van der Waals surface area contributed by atoms with Crippen molar-refractivity contribution in [1.29, 1.82) is 0 Å². The highest BCUT2D eigenvalue weighted by molar-refractivity contribution is 6.30. The quantitative estimate of drug-likeness (QED) is 0.892. The lowest BCUT2D eigenvalue weighted by atomic mass is 9.96. The number of hydrogen-bond acceptors (Lipinski definition) is 2. The van der Waals surface area contributed by atoms with Crippen LogP contribution in [-0.2, 0) is 0 Å². The van der Waals surface area contributed by atoms with E-state index in [0.717, 1.165) is 37.4 Å². The molecule has 0 unspecified atom stereocenters. The summed E-state index contributed by atoms with van der Waals surface area (Å²) in [5.74, 6) is 1.43. The van der Waals surface area contributed by atoms with Gasteiger partial charge in [0.05, 0.1) is 0 Å². The third-order valence-corrected chi connectivity index (χ3v) is 4.00. The standard InChI is InChI=1S/C15H17ClN4O/c16-12-2-1-3-13(10-12)19-15(21)20-8-4-11(5-9-20)14-17-6-7-18-14/h1-3,6-7,10-11H,4-5,8-9H2,(H,17,18)(H,19,21). The number of hydrogen-bond donors (Lipinski definition) is 2. The number of likely N-dealkylation sites (tertiary alicyclic amines) is 1. The second-order valence-electron chi connectivity index (χ2n) is 5.18. The van der Waals surface area contributed by atoms with Crippen molar-refractivity contribution >= 4 is 23.3 Å². The molecule has 5 nitrogen and oxygen atoms in total. The molecule has 2 amide bonds. The molecule has 1 aliphatic rings. The summed E-state index contributed by atoms with van der Waals surface area (Å²) >= 11 is 5.91. The van der Waals surface area contributed by atoms with E-state index in [0.29, 0.717) is 10.9 Å². The van der Waals surface area contributed by atoms with Crippen LogP contribution in [0.15, 0.2) is 36.7 Å². The Labute approximate surface area is 128 Å². The van der Waals surface area contributed by atoms with E-state index >= 15 is 0 Å². The molecule has 0 radical (unpaired) electrons. The molecule has 0 atom stereocenters. The second kappa shape index (κ2) is 6.18. The normalized spacial score (nSPS) is 16.0. The van der Waals surface area contributed by atoms with Crippen molar-refractivity contribution in [1.82, 2.24) is 14.9 Å². The van der Waals surface area contributed by atoms with Gasteiger partial charge in [0.2, 0.25) is 0 Å². The van der Waals surface area contributed by atoms with Crippen molar-refractivity contribution in [3.05, 3.63) is 47.5 Å². The number of H-pyrrole nitrogens is 1. The Kier molecular flexibility index (Phi) is 4.10. The first-order valence-electron chi connectivity index (χ1n) is 7.03. The number of rotatable bonds is 2. The smallest absolute Gasteiger partial charge is 0.321 e. The number of halogens is 1. The van der Waals surface area contributed by atoms with Crippen LogP contribution in [-0.4, -0.2) is 34.0 Å². The van der Waals surface area contributed by atoms with Gasteiger partial charge in [-0.25, -0.2) is 9.78 Å². The largest absolute Gasteiger partial charge is 0.348 e. The molecular formula is C15H17ClN4O.